The summed E-state index contributed by atoms with van der Waals surface area (Å²) in [5.41, 5.74) is 0. The van der Waals surface area contributed by atoms with Gasteiger partial charge in [0.25, 0.3) is 0 Å². The summed E-state index contributed by atoms with van der Waals surface area (Å²) in [5, 5.41) is 6.77. The molecule has 0 saturated carbocycles. The molecule has 1 aliphatic rings. The zero-order valence-electron chi connectivity index (χ0n) is 5.65. The second-order valence-corrected chi connectivity index (χ2v) is 3.11. The van der Waals surface area contributed by atoms with Crippen molar-refractivity contribution in [1.29, 1.82) is 0 Å². The van der Waals surface area contributed by atoms with E-state index in [1.54, 1.807) is 0 Å². The van der Waals surface area contributed by atoms with Gasteiger partial charge < -0.3 is 10.6 Å². The standard InChI is InChI=1S/C6H13ClN2/c1-8-4-6-2-5(7)3-9-6/h5-6,8-9H,2-4H2,1H3. The molecule has 0 radical (unpaired) electrons. The number of likely N-dealkylation sites (N-methyl/N-ethyl adjacent to an activating group) is 1. The van der Waals surface area contributed by atoms with E-state index in [0.717, 1.165) is 19.5 Å². The molecule has 0 amide bonds. The highest BCUT2D eigenvalue weighted by atomic mass is 35.5. The lowest BCUT2D eigenvalue weighted by Crippen LogP contribution is -2.31. The number of nitrogens with one attached hydrogen (secondary N) is 2. The lowest BCUT2D eigenvalue weighted by atomic mass is 10.2. The summed E-state index contributed by atoms with van der Waals surface area (Å²) in [6, 6.07) is 0.595. The molecule has 0 bridgehead atoms. The normalized spacial score (nSPS) is 35.3. The Morgan fingerprint density at radius 2 is 2.56 bits per heavy atom. The fourth-order valence-electron chi connectivity index (χ4n) is 1.17. The predicted molar refractivity (Wildman–Crippen MR) is 40.0 cm³/mol. The van der Waals surface area contributed by atoms with Crippen LogP contribution >= 0.6 is 11.6 Å². The third-order valence-electron chi connectivity index (χ3n) is 1.62. The molecule has 1 aliphatic heterocycles. The molecule has 1 heterocycles. The summed E-state index contributed by atoms with van der Waals surface area (Å²) in [6.07, 6.45) is 1.10. The average molecular weight is 149 g/mol. The molecule has 1 rings (SSSR count). The van der Waals surface area contributed by atoms with Crippen LogP contribution in [0.5, 0.6) is 0 Å². The van der Waals surface area contributed by atoms with Crippen molar-refractivity contribution in [1.82, 2.24) is 10.6 Å². The van der Waals surface area contributed by atoms with Gasteiger partial charge in [0, 0.05) is 24.5 Å². The molecule has 1 fully saturated rings. The van der Waals surface area contributed by atoms with E-state index in [4.69, 9.17) is 11.6 Å². The third kappa shape index (κ3) is 2.12. The Kier molecular flexibility index (Phi) is 2.76. The van der Waals surface area contributed by atoms with E-state index in [1.165, 1.54) is 0 Å². The van der Waals surface area contributed by atoms with Gasteiger partial charge in [0.15, 0.2) is 0 Å². The Labute approximate surface area is 61.0 Å². The van der Waals surface area contributed by atoms with Crippen LogP contribution in [0.3, 0.4) is 0 Å². The van der Waals surface area contributed by atoms with Gasteiger partial charge >= 0.3 is 0 Å². The summed E-state index contributed by atoms with van der Waals surface area (Å²) >= 11 is 5.85. The second kappa shape index (κ2) is 3.40. The average Bonchev–Trinajstić information content (AvgIpc) is 2.17. The van der Waals surface area contributed by atoms with Crippen molar-refractivity contribution in [3.05, 3.63) is 0 Å². The van der Waals surface area contributed by atoms with Gasteiger partial charge in [-0.25, -0.2) is 0 Å². The molecule has 2 unspecified atom stereocenters. The van der Waals surface area contributed by atoms with Crippen LogP contribution < -0.4 is 10.6 Å². The first-order valence-electron chi connectivity index (χ1n) is 3.35. The zero-order valence-corrected chi connectivity index (χ0v) is 6.41. The second-order valence-electron chi connectivity index (χ2n) is 2.50. The van der Waals surface area contributed by atoms with Gasteiger partial charge in [-0.2, -0.15) is 0 Å². The van der Waals surface area contributed by atoms with Crippen molar-refractivity contribution in [2.75, 3.05) is 20.1 Å². The Balaban J connectivity index is 2.14. The Bertz CT molecular complexity index is 85.1. The number of hydrogen-bond donors (Lipinski definition) is 2. The lowest BCUT2D eigenvalue weighted by molar-refractivity contribution is 0.568. The molecule has 9 heavy (non-hydrogen) atoms. The monoisotopic (exact) mass is 148 g/mol. The first-order chi connectivity index (χ1) is 4.33. The Morgan fingerprint density at radius 3 is 3.00 bits per heavy atom. The lowest BCUT2D eigenvalue weighted by Gasteiger charge is -2.06. The van der Waals surface area contributed by atoms with Gasteiger partial charge in [-0.15, -0.1) is 11.6 Å². The summed E-state index contributed by atoms with van der Waals surface area (Å²) in [6.45, 7) is 2.00. The van der Waals surface area contributed by atoms with Gasteiger partial charge in [-0.3, -0.25) is 0 Å². The Morgan fingerprint density at radius 1 is 1.78 bits per heavy atom. The number of hydrogen-bond acceptors (Lipinski definition) is 2. The molecule has 0 aromatic heterocycles. The molecule has 0 aromatic rings. The highest BCUT2D eigenvalue weighted by Crippen LogP contribution is 2.10. The minimum atomic E-state index is 0.350. The molecule has 0 aliphatic carbocycles. The minimum Gasteiger partial charge on any atom is -0.318 e. The van der Waals surface area contributed by atoms with Crippen LogP contribution in [0.15, 0.2) is 0 Å². The quantitative estimate of drug-likeness (QED) is 0.546. The van der Waals surface area contributed by atoms with Crippen LogP contribution in [0.1, 0.15) is 6.42 Å². The molecule has 3 heteroatoms. The van der Waals surface area contributed by atoms with Crippen LogP contribution in [0.2, 0.25) is 0 Å². The molecule has 2 atom stereocenters. The van der Waals surface area contributed by atoms with Crippen molar-refractivity contribution < 1.29 is 0 Å². The highest BCUT2D eigenvalue weighted by molar-refractivity contribution is 6.21. The van der Waals surface area contributed by atoms with E-state index in [9.17, 15) is 0 Å². The predicted octanol–water partition coefficient (Wildman–Crippen LogP) is 0.175. The molecule has 2 N–H and O–H groups in total. The molecule has 0 aromatic carbocycles. The van der Waals surface area contributed by atoms with E-state index in [1.807, 2.05) is 7.05 Å². The first-order valence-corrected chi connectivity index (χ1v) is 3.78. The van der Waals surface area contributed by atoms with Gasteiger partial charge in [0.05, 0.1) is 0 Å². The SMILES string of the molecule is CNCC1CC(Cl)CN1. The number of alkyl halides is 1. The highest BCUT2D eigenvalue weighted by Gasteiger charge is 2.20. The van der Waals surface area contributed by atoms with Crippen LogP contribution in [0.4, 0.5) is 0 Å². The zero-order chi connectivity index (χ0) is 6.69. The van der Waals surface area contributed by atoms with Crippen molar-refractivity contribution in [2.24, 2.45) is 0 Å². The maximum atomic E-state index is 5.85. The number of rotatable bonds is 2. The fourth-order valence-corrected chi connectivity index (χ4v) is 1.48. The maximum Gasteiger partial charge on any atom is 0.0476 e. The summed E-state index contributed by atoms with van der Waals surface area (Å²) in [4.78, 5) is 0. The van der Waals surface area contributed by atoms with Gasteiger partial charge in [0.2, 0.25) is 0 Å². The molecular weight excluding hydrogens is 136 g/mol. The van der Waals surface area contributed by atoms with Crippen molar-refractivity contribution in [3.8, 4) is 0 Å². The maximum absolute atomic E-state index is 5.85. The summed E-state index contributed by atoms with van der Waals surface area (Å²) in [5.74, 6) is 0. The van der Waals surface area contributed by atoms with Crippen LogP contribution in [-0.4, -0.2) is 31.6 Å². The summed E-state index contributed by atoms with van der Waals surface area (Å²) in [7, 11) is 1.96. The van der Waals surface area contributed by atoms with E-state index < -0.39 is 0 Å². The van der Waals surface area contributed by atoms with Crippen LogP contribution in [0, 0.1) is 0 Å². The molecule has 1 saturated heterocycles. The van der Waals surface area contributed by atoms with Crippen molar-refractivity contribution in [2.45, 2.75) is 17.8 Å². The third-order valence-corrected chi connectivity index (χ3v) is 1.95. The van der Waals surface area contributed by atoms with Crippen LogP contribution in [0.25, 0.3) is 0 Å². The molecule has 2 nitrogen and oxygen atoms in total. The molecular formula is C6H13ClN2. The van der Waals surface area contributed by atoms with Crippen molar-refractivity contribution >= 4 is 11.6 Å². The minimum absolute atomic E-state index is 0.350. The molecule has 0 spiro atoms. The van der Waals surface area contributed by atoms with Gasteiger partial charge in [-0.05, 0) is 13.5 Å². The molecule has 54 valence electrons. The summed E-state index contributed by atoms with van der Waals surface area (Å²) < 4.78 is 0. The van der Waals surface area contributed by atoms with Gasteiger partial charge in [-0.1, -0.05) is 0 Å². The van der Waals surface area contributed by atoms with Crippen LogP contribution in [-0.2, 0) is 0 Å². The van der Waals surface area contributed by atoms with E-state index in [2.05, 4.69) is 10.6 Å². The topological polar surface area (TPSA) is 24.1 Å². The number of halogens is 1. The first kappa shape index (κ1) is 7.32. The smallest absolute Gasteiger partial charge is 0.0476 e. The largest absolute Gasteiger partial charge is 0.318 e. The Hall–Kier alpha value is 0.210. The fraction of sp³-hybridized carbons (Fsp3) is 1.00. The van der Waals surface area contributed by atoms with E-state index in [-0.39, 0.29) is 0 Å². The van der Waals surface area contributed by atoms with Crippen molar-refractivity contribution in [3.63, 3.8) is 0 Å². The van der Waals surface area contributed by atoms with E-state index in [0.29, 0.717) is 11.4 Å². The van der Waals surface area contributed by atoms with Gasteiger partial charge in [0.1, 0.15) is 0 Å². The van der Waals surface area contributed by atoms with E-state index >= 15 is 0 Å².